The lowest BCUT2D eigenvalue weighted by Gasteiger charge is -2.20. The molecular weight excluding hydrogens is 284 g/mol. The quantitative estimate of drug-likeness (QED) is 0.753. The van der Waals surface area contributed by atoms with Gasteiger partial charge < -0.3 is 10.6 Å². The van der Waals surface area contributed by atoms with Crippen LogP contribution < -0.4 is 5.73 Å². The summed E-state index contributed by atoms with van der Waals surface area (Å²) in [6.07, 6.45) is 4.82. The Morgan fingerprint density at radius 2 is 2.00 bits per heavy atom. The van der Waals surface area contributed by atoms with Crippen LogP contribution in [-0.4, -0.2) is 24.4 Å². The molecule has 1 amide bonds. The molecule has 1 aromatic rings. The molecule has 2 N–H and O–H groups in total. The van der Waals surface area contributed by atoms with Gasteiger partial charge in [-0.25, -0.2) is 0 Å². The van der Waals surface area contributed by atoms with Crippen LogP contribution in [0.5, 0.6) is 0 Å². The van der Waals surface area contributed by atoms with E-state index in [1.54, 1.807) is 4.90 Å². The molecule has 0 bridgehead atoms. The Labute approximate surface area is 133 Å². The molecule has 1 atom stereocenters. The van der Waals surface area contributed by atoms with E-state index in [0.717, 1.165) is 31.2 Å². The van der Waals surface area contributed by atoms with Crippen molar-refractivity contribution in [2.24, 2.45) is 11.7 Å². The lowest BCUT2D eigenvalue weighted by atomic mass is 9.94. The number of hydrogen-bond donors (Lipinski definition) is 1. The third kappa shape index (κ3) is 6.49. The van der Waals surface area contributed by atoms with E-state index in [-0.39, 0.29) is 5.91 Å². The van der Waals surface area contributed by atoms with E-state index in [9.17, 15) is 4.79 Å². The van der Waals surface area contributed by atoms with E-state index >= 15 is 0 Å². The summed E-state index contributed by atoms with van der Waals surface area (Å²) < 4.78 is 0. The number of rotatable bonds is 9. The molecule has 1 rings (SSSR count). The minimum atomic E-state index is 0.174. The van der Waals surface area contributed by atoms with Crippen molar-refractivity contribution in [1.29, 1.82) is 0 Å². The molecule has 0 saturated carbocycles. The van der Waals surface area contributed by atoms with Gasteiger partial charge in [-0.3, -0.25) is 4.79 Å². The van der Waals surface area contributed by atoms with Crippen LogP contribution >= 0.6 is 11.6 Å². The molecule has 0 spiro atoms. The Balaban J connectivity index is 2.45. The number of nitrogens with two attached hydrogens (primary N) is 1. The van der Waals surface area contributed by atoms with Crippen molar-refractivity contribution < 1.29 is 4.79 Å². The fourth-order valence-corrected chi connectivity index (χ4v) is 2.76. The fraction of sp³-hybridized carbons (Fsp3) is 0.588. The van der Waals surface area contributed by atoms with E-state index in [2.05, 4.69) is 6.92 Å². The van der Waals surface area contributed by atoms with Gasteiger partial charge >= 0.3 is 0 Å². The first-order valence-corrected chi connectivity index (χ1v) is 8.13. The Hall–Kier alpha value is -1.06. The zero-order valence-corrected chi connectivity index (χ0v) is 13.9. The van der Waals surface area contributed by atoms with Crippen molar-refractivity contribution in [1.82, 2.24) is 4.90 Å². The Bertz CT molecular complexity index is 431. The molecule has 1 unspecified atom stereocenters. The van der Waals surface area contributed by atoms with Crippen LogP contribution in [0.4, 0.5) is 0 Å². The molecule has 1 aromatic carbocycles. The number of carbonyl (C=O) groups excluding carboxylic acids is 1. The van der Waals surface area contributed by atoms with Crippen LogP contribution in [-0.2, 0) is 11.3 Å². The van der Waals surface area contributed by atoms with Crippen LogP contribution in [0, 0.1) is 5.92 Å². The number of hydrogen-bond acceptors (Lipinski definition) is 2. The van der Waals surface area contributed by atoms with Crippen LogP contribution in [0.2, 0.25) is 5.02 Å². The average molecular weight is 311 g/mol. The zero-order chi connectivity index (χ0) is 15.7. The van der Waals surface area contributed by atoms with Crippen LogP contribution in [0.25, 0.3) is 0 Å². The highest BCUT2D eigenvalue weighted by atomic mass is 35.5. The molecule has 0 heterocycles. The molecule has 0 saturated heterocycles. The summed E-state index contributed by atoms with van der Waals surface area (Å²) in [5.74, 6) is 0.741. The minimum absolute atomic E-state index is 0.174. The van der Waals surface area contributed by atoms with Gasteiger partial charge in [0.15, 0.2) is 0 Å². The monoisotopic (exact) mass is 310 g/mol. The number of halogens is 1. The van der Waals surface area contributed by atoms with Gasteiger partial charge in [-0.1, -0.05) is 49.6 Å². The predicted molar refractivity (Wildman–Crippen MR) is 89.2 cm³/mol. The smallest absolute Gasteiger partial charge is 0.222 e. The highest BCUT2D eigenvalue weighted by Gasteiger charge is 2.14. The Morgan fingerprint density at radius 1 is 1.29 bits per heavy atom. The van der Waals surface area contributed by atoms with Crippen LogP contribution in [0.15, 0.2) is 24.3 Å². The molecule has 4 heteroatoms. The summed E-state index contributed by atoms with van der Waals surface area (Å²) >= 11 is 6.13. The van der Waals surface area contributed by atoms with Gasteiger partial charge in [0.2, 0.25) is 5.91 Å². The second-order valence-electron chi connectivity index (χ2n) is 5.61. The standard InChI is InChI=1S/C17H27ClN2O/c1-3-6-14(11-12-19)9-10-17(21)20(2)13-15-7-4-5-8-16(15)18/h4-5,7-8,14H,3,6,9-13,19H2,1-2H3. The molecule has 0 radical (unpaired) electrons. The maximum Gasteiger partial charge on any atom is 0.222 e. The average Bonchev–Trinajstić information content (AvgIpc) is 2.47. The lowest BCUT2D eigenvalue weighted by molar-refractivity contribution is -0.130. The molecule has 21 heavy (non-hydrogen) atoms. The minimum Gasteiger partial charge on any atom is -0.341 e. The predicted octanol–water partition coefficient (Wildman–Crippen LogP) is 3.84. The van der Waals surface area contributed by atoms with Crippen molar-refractivity contribution in [2.75, 3.05) is 13.6 Å². The summed E-state index contributed by atoms with van der Waals surface area (Å²) in [5.41, 5.74) is 6.62. The third-order valence-electron chi connectivity index (χ3n) is 3.83. The first kappa shape index (κ1) is 18.0. The number of nitrogens with zero attached hydrogens (tertiary/aromatic N) is 1. The van der Waals surface area contributed by atoms with Crippen molar-refractivity contribution in [2.45, 2.75) is 45.6 Å². The normalized spacial score (nSPS) is 12.2. The van der Waals surface area contributed by atoms with E-state index in [1.807, 2.05) is 31.3 Å². The van der Waals surface area contributed by atoms with Crippen molar-refractivity contribution in [3.05, 3.63) is 34.9 Å². The Kier molecular flexibility index (Phi) is 8.40. The molecule has 0 aliphatic heterocycles. The van der Waals surface area contributed by atoms with E-state index in [0.29, 0.717) is 30.5 Å². The van der Waals surface area contributed by atoms with E-state index in [1.165, 1.54) is 0 Å². The van der Waals surface area contributed by atoms with E-state index < -0.39 is 0 Å². The highest BCUT2D eigenvalue weighted by Crippen LogP contribution is 2.19. The molecule has 3 nitrogen and oxygen atoms in total. The summed E-state index contributed by atoms with van der Waals surface area (Å²) in [6, 6.07) is 7.65. The first-order chi connectivity index (χ1) is 10.1. The molecule has 0 aromatic heterocycles. The zero-order valence-electron chi connectivity index (χ0n) is 13.1. The second-order valence-corrected chi connectivity index (χ2v) is 6.02. The summed E-state index contributed by atoms with van der Waals surface area (Å²) in [5, 5.41) is 0.712. The second kappa shape index (κ2) is 9.80. The summed E-state index contributed by atoms with van der Waals surface area (Å²) in [4.78, 5) is 14.0. The van der Waals surface area contributed by atoms with Gasteiger partial charge in [-0.15, -0.1) is 0 Å². The SMILES string of the molecule is CCCC(CCN)CCC(=O)N(C)Cc1ccccc1Cl. The van der Waals surface area contributed by atoms with Crippen molar-refractivity contribution in [3.63, 3.8) is 0 Å². The van der Waals surface area contributed by atoms with Gasteiger partial charge in [-0.2, -0.15) is 0 Å². The molecular formula is C17H27ClN2O. The number of amides is 1. The third-order valence-corrected chi connectivity index (χ3v) is 4.20. The first-order valence-electron chi connectivity index (χ1n) is 7.75. The van der Waals surface area contributed by atoms with Gasteiger partial charge in [0.05, 0.1) is 0 Å². The van der Waals surface area contributed by atoms with Crippen LogP contribution in [0.3, 0.4) is 0 Å². The largest absolute Gasteiger partial charge is 0.341 e. The van der Waals surface area contributed by atoms with Crippen molar-refractivity contribution in [3.8, 4) is 0 Å². The van der Waals surface area contributed by atoms with Crippen molar-refractivity contribution >= 4 is 17.5 Å². The summed E-state index contributed by atoms with van der Waals surface area (Å²) in [7, 11) is 1.84. The van der Waals surface area contributed by atoms with Gasteiger partial charge in [0.25, 0.3) is 0 Å². The molecule has 118 valence electrons. The topological polar surface area (TPSA) is 46.3 Å². The number of benzene rings is 1. The molecule has 0 aliphatic rings. The van der Waals surface area contributed by atoms with Gasteiger partial charge in [0.1, 0.15) is 0 Å². The highest BCUT2D eigenvalue weighted by molar-refractivity contribution is 6.31. The maximum absolute atomic E-state index is 12.2. The fourth-order valence-electron chi connectivity index (χ4n) is 2.57. The molecule has 0 fully saturated rings. The van der Waals surface area contributed by atoms with Gasteiger partial charge in [0, 0.05) is 25.0 Å². The lowest BCUT2D eigenvalue weighted by Crippen LogP contribution is -2.26. The van der Waals surface area contributed by atoms with Gasteiger partial charge in [-0.05, 0) is 36.9 Å². The Morgan fingerprint density at radius 3 is 2.62 bits per heavy atom. The summed E-state index contributed by atoms with van der Waals surface area (Å²) in [6.45, 7) is 3.44. The van der Waals surface area contributed by atoms with Crippen LogP contribution in [0.1, 0.15) is 44.6 Å². The molecule has 0 aliphatic carbocycles. The maximum atomic E-state index is 12.2. The van der Waals surface area contributed by atoms with E-state index in [4.69, 9.17) is 17.3 Å². The number of carbonyl (C=O) groups is 1.